The lowest BCUT2D eigenvalue weighted by atomic mass is 10.1. The van der Waals surface area contributed by atoms with Gasteiger partial charge in [0.2, 0.25) is 15.9 Å². The number of hydrogen-bond acceptors (Lipinski definition) is 3. The molecule has 1 amide bonds. The summed E-state index contributed by atoms with van der Waals surface area (Å²) in [5.41, 5.74) is 2.29. The maximum atomic E-state index is 12.3. The molecule has 0 bridgehead atoms. The van der Waals surface area contributed by atoms with E-state index in [9.17, 15) is 13.2 Å². The fourth-order valence-electron chi connectivity index (χ4n) is 3.41. The molecule has 3 rings (SSSR count). The van der Waals surface area contributed by atoms with Crippen LogP contribution in [0.5, 0.6) is 0 Å². The van der Waals surface area contributed by atoms with Gasteiger partial charge in [-0.2, -0.15) is 4.72 Å². The predicted molar refractivity (Wildman–Crippen MR) is 108 cm³/mol. The van der Waals surface area contributed by atoms with Crippen LogP contribution in [0.15, 0.2) is 59.5 Å². The minimum Gasteiger partial charge on any atom is -0.351 e. The number of hydrogen-bond donors (Lipinski definition) is 3. The molecule has 1 aliphatic heterocycles. The Morgan fingerprint density at radius 3 is 2.25 bits per heavy atom. The second-order valence-corrected chi connectivity index (χ2v) is 9.04. The van der Waals surface area contributed by atoms with Crippen molar-refractivity contribution in [3.8, 4) is 0 Å². The summed E-state index contributed by atoms with van der Waals surface area (Å²) in [6, 6.07) is 15.4. The summed E-state index contributed by atoms with van der Waals surface area (Å²) < 4.78 is 27.0. The van der Waals surface area contributed by atoms with Crippen molar-refractivity contribution >= 4 is 15.9 Å². The lowest BCUT2D eigenvalue weighted by Gasteiger charge is -2.15. The summed E-state index contributed by atoms with van der Waals surface area (Å²) in [7, 11) is -3.72. The third kappa shape index (κ3) is 5.64. The van der Waals surface area contributed by atoms with Crippen LogP contribution >= 0.6 is 0 Å². The van der Waals surface area contributed by atoms with E-state index in [-0.39, 0.29) is 10.8 Å². The molecule has 1 saturated heterocycles. The van der Waals surface area contributed by atoms with E-state index < -0.39 is 16.1 Å². The molecule has 0 saturated carbocycles. The Bertz CT molecular complexity index is 877. The van der Waals surface area contributed by atoms with Gasteiger partial charge < -0.3 is 10.2 Å². The van der Waals surface area contributed by atoms with E-state index in [4.69, 9.17) is 0 Å². The number of quaternary nitrogens is 1. The van der Waals surface area contributed by atoms with Gasteiger partial charge >= 0.3 is 0 Å². The van der Waals surface area contributed by atoms with Crippen molar-refractivity contribution in [1.82, 2.24) is 10.0 Å². The summed E-state index contributed by atoms with van der Waals surface area (Å²) in [4.78, 5) is 14.1. The number of sulfonamides is 1. The Morgan fingerprint density at radius 2 is 1.61 bits per heavy atom. The molecule has 28 heavy (non-hydrogen) atoms. The summed E-state index contributed by atoms with van der Waals surface area (Å²) in [6.07, 6.45) is 2.62. The fourth-order valence-corrected chi connectivity index (χ4v) is 4.64. The summed E-state index contributed by atoms with van der Waals surface area (Å²) in [5, 5.41) is 2.79. The largest absolute Gasteiger partial charge is 0.351 e. The van der Waals surface area contributed by atoms with Gasteiger partial charge in [-0.3, -0.25) is 4.79 Å². The zero-order chi connectivity index (χ0) is 20.0. The highest BCUT2D eigenvalue weighted by molar-refractivity contribution is 7.89. The van der Waals surface area contributed by atoms with Crippen LogP contribution in [0.25, 0.3) is 0 Å². The SMILES string of the molecule is C[C@@H](NS(=O)(=O)c1ccccc1)C(=O)NCc1ccc(C[NH+]2CCCC2)cc1. The van der Waals surface area contributed by atoms with E-state index in [2.05, 4.69) is 22.2 Å². The predicted octanol–water partition coefficient (Wildman–Crippen LogP) is 0.849. The molecule has 0 radical (unpaired) electrons. The number of rotatable bonds is 8. The second-order valence-electron chi connectivity index (χ2n) is 7.32. The number of carbonyl (C=O) groups excluding carboxylic acids is 1. The van der Waals surface area contributed by atoms with Crippen molar-refractivity contribution in [2.75, 3.05) is 13.1 Å². The van der Waals surface area contributed by atoms with Crippen molar-refractivity contribution in [1.29, 1.82) is 0 Å². The van der Waals surface area contributed by atoms with Crippen LogP contribution in [0, 0.1) is 0 Å². The minimum atomic E-state index is -3.72. The van der Waals surface area contributed by atoms with E-state index in [0.717, 1.165) is 12.1 Å². The second kappa shape index (κ2) is 9.32. The molecule has 0 aromatic heterocycles. The number of benzene rings is 2. The molecule has 1 atom stereocenters. The van der Waals surface area contributed by atoms with Crippen molar-refractivity contribution in [3.63, 3.8) is 0 Å². The third-order valence-electron chi connectivity index (χ3n) is 5.03. The minimum absolute atomic E-state index is 0.144. The number of nitrogens with one attached hydrogen (secondary N) is 3. The molecule has 2 aromatic carbocycles. The van der Waals surface area contributed by atoms with Crippen molar-refractivity contribution < 1.29 is 18.1 Å². The van der Waals surface area contributed by atoms with Crippen molar-refractivity contribution in [3.05, 3.63) is 65.7 Å². The van der Waals surface area contributed by atoms with Crippen LogP contribution in [-0.2, 0) is 27.9 Å². The summed E-state index contributed by atoms with van der Waals surface area (Å²) in [5.74, 6) is -0.356. The molecule has 1 heterocycles. The molecule has 6 nitrogen and oxygen atoms in total. The van der Waals surface area contributed by atoms with Gasteiger partial charge in [0.05, 0.1) is 24.0 Å². The molecule has 1 fully saturated rings. The van der Waals surface area contributed by atoms with Gasteiger partial charge in [-0.1, -0.05) is 42.5 Å². The monoisotopic (exact) mass is 402 g/mol. The Morgan fingerprint density at radius 1 is 1.00 bits per heavy atom. The van der Waals surface area contributed by atoms with E-state index in [1.807, 2.05) is 12.1 Å². The molecule has 1 aliphatic rings. The first-order valence-corrected chi connectivity index (χ1v) is 11.2. The lowest BCUT2D eigenvalue weighted by molar-refractivity contribution is -0.901. The normalized spacial score (nSPS) is 16.0. The molecule has 0 spiro atoms. The van der Waals surface area contributed by atoms with Crippen LogP contribution in [0.4, 0.5) is 0 Å². The highest BCUT2D eigenvalue weighted by Crippen LogP contribution is 2.08. The van der Waals surface area contributed by atoms with Crippen LogP contribution in [0.2, 0.25) is 0 Å². The summed E-state index contributed by atoms with van der Waals surface area (Å²) >= 11 is 0. The summed E-state index contributed by atoms with van der Waals surface area (Å²) in [6.45, 7) is 5.44. The molecule has 0 unspecified atom stereocenters. The van der Waals surface area contributed by atoms with Crippen LogP contribution in [0.1, 0.15) is 30.9 Å². The first-order chi connectivity index (χ1) is 13.4. The molecular weight excluding hydrogens is 374 g/mol. The Hall–Kier alpha value is -2.22. The van der Waals surface area contributed by atoms with E-state index in [0.29, 0.717) is 6.54 Å². The topological polar surface area (TPSA) is 79.7 Å². The molecule has 150 valence electrons. The van der Waals surface area contributed by atoms with Crippen LogP contribution < -0.4 is 14.9 Å². The average Bonchev–Trinajstić information content (AvgIpc) is 3.20. The van der Waals surface area contributed by atoms with Crippen molar-refractivity contribution in [2.45, 2.75) is 43.8 Å². The van der Waals surface area contributed by atoms with Crippen LogP contribution in [-0.4, -0.2) is 33.5 Å². The van der Waals surface area contributed by atoms with Gasteiger partial charge in [-0.05, 0) is 24.6 Å². The maximum Gasteiger partial charge on any atom is 0.241 e. The third-order valence-corrected chi connectivity index (χ3v) is 6.59. The first kappa shape index (κ1) is 20.5. The van der Waals surface area contributed by atoms with Crippen LogP contribution in [0.3, 0.4) is 0 Å². The number of likely N-dealkylation sites (tertiary alicyclic amines) is 1. The highest BCUT2D eigenvalue weighted by Gasteiger charge is 2.21. The molecule has 0 aliphatic carbocycles. The zero-order valence-electron chi connectivity index (χ0n) is 16.1. The average molecular weight is 403 g/mol. The molecule has 7 heteroatoms. The van der Waals surface area contributed by atoms with Crippen molar-refractivity contribution in [2.24, 2.45) is 0 Å². The van der Waals surface area contributed by atoms with Gasteiger partial charge in [-0.25, -0.2) is 8.42 Å². The van der Waals surface area contributed by atoms with Gasteiger partial charge in [0.15, 0.2) is 0 Å². The van der Waals surface area contributed by atoms with E-state index >= 15 is 0 Å². The van der Waals surface area contributed by atoms with Gasteiger partial charge in [0.1, 0.15) is 6.54 Å². The fraction of sp³-hybridized carbons (Fsp3) is 0.381. The smallest absolute Gasteiger partial charge is 0.241 e. The zero-order valence-corrected chi connectivity index (χ0v) is 17.0. The lowest BCUT2D eigenvalue weighted by Crippen LogP contribution is -3.08. The molecule has 2 aromatic rings. The van der Waals surface area contributed by atoms with E-state index in [1.165, 1.54) is 50.6 Å². The van der Waals surface area contributed by atoms with E-state index in [1.54, 1.807) is 23.1 Å². The van der Waals surface area contributed by atoms with Gasteiger partial charge in [-0.15, -0.1) is 0 Å². The van der Waals surface area contributed by atoms with Gasteiger partial charge in [0.25, 0.3) is 0 Å². The Kier molecular flexibility index (Phi) is 6.83. The standard InChI is InChI=1S/C21H27N3O3S/c1-17(23-28(26,27)20-7-3-2-4-8-20)21(25)22-15-18-9-11-19(12-10-18)16-24-13-5-6-14-24/h2-4,7-12,17,23H,5-6,13-16H2,1H3,(H,22,25)/p+1/t17-/m1/s1. The highest BCUT2D eigenvalue weighted by atomic mass is 32.2. The Balaban J connectivity index is 1.49. The first-order valence-electron chi connectivity index (χ1n) is 9.70. The Labute approximate surface area is 167 Å². The molecular formula is C21H28N3O3S+. The maximum absolute atomic E-state index is 12.3. The molecule has 3 N–H and O–H groups in total. The number of amides is 1. The number of carbonyl (C=O) groups is 1. The quantitative estimate of drug-likeness (QED) is 0.612. The van der Waals surface area contributed by atoms with Gasteiger partial charge in [0, 0.05) is 24.9 Å².